The molecule has 0 aromatic carbocycles. The molecule has 0 saturated carbocycles. The summed E-state index contributed by atoms with van der Waals surface area (Å²) >= 11 is 0. The Labute approximate surface area is 149 Å². The Kier molecular flexibility index (Phi) is 8.87. The van der Waals surface area contributed by atoms with E-state index in [-0.39, 0.29) is 0 Å². The van der Waals surface area contributed by atoms with Crippen LogP contribution in [0.25, 0.3) is 0 Å². The molecule has 1 fully saturated rings. The summed E-state index contributed by atoms with van der Waals surface area (Å²) in [7, 11) is 0. The molecule has 1 saturated heterocycles. The van der Waals surface area contributed by atoms with Gasteiger partial charge in [-0.2, -0.15) is 5.10 Å². The largest absolute Gasteiger partial charge is 0.303 e. The molecule has 0 aliphatic carbocycles. The van der Waals surface area contributed by atoms with E-state index in [1.807, 2.05) is 6.20 Å². The minimum Gasteiger partial charge on any atom is -0.303 e. The van der Waals surface area contributed by atoms with Gasteiger partial charge in [0, 0.05) is 12.7 Å². The number of aromatic nitrogens is 2. The van der Waals surface area contributed by atoms with Crippen molar-refractivity contribution in [2.45, 2.75) is 91.0 Å². The topological polar surface area (TPSA) is 21.1 Å². The molecule has 2 rings (SSSR count). The van der Waals surface area contributed by atoms with E-state index in [9.17, 15) is 0 Å². The van der Waals surface area contributed by atoms with Gasteiger partial charge in [-0.15, -0.1) is 0 Å². The lowest BCUT2D eigenvalue weighted by atomic mass is 9.96. The molecular weight excluding hydrogens is 294 g/mol. The van der Waals surface area contributed by atoms with Crippen LogP contribution < -0.4 is 0 Å². The highest BCUT2D eigenvalue weighted by Crippen LogP contribution is 2.21. The van der Waals surface area contributed by atoms with Crippen LogP contribution in [0.2, 0.25) is 0 Å². The fourth-order valence-corrected chi connectivity index (χ4v) is 3.73. The van der Waals surface area contributed by atoms with E-state index in [1.54, 1.807) is 0 Å². The fourth-order valence-electron chi connectivity index (χ4n) is 3.73. The maximum Gasteiger partial charge on any atom is 0.0524 e. The lowest BCUT2D eigenvalue weighted by molar-refractivity contribution is 0.168. The van der Waals surface area contributed by atoms with Crippen molar-refractivity contribution in [2.24, 2.45) is 5.92 Å². The van der Waals surface area contributed by atoms with Crippen LogP contribution in [0.5, 0.6) is 0 Å². The third-order valence-corrected chi connectivity index (χ3v) is 5.55. The molecule has 1 aliphatic heterocycles. The molecule has 0 radical (unpaired) electrons. The number of likely N-dealkylation sites (tertiary alicyclic amines) is 1. The minimum atomic E-state index is 0.586. The highest BCUT2D eigenvalue weighted by molar-refractivity contribution is 5.08. The average molecular weight is 334 g/mol. The van der Waals surface area contributed by atoms with E-state index < -0.39 is 0 Å². The molecule has 24 heavy (non-hydrogen) atoms. The van der Waals surface area contributed by atoms with Gasteiger partial charge in [-0.3, -0.25) is 4.68 Å². The monoisotopic (exact) mass is 333 g/mol. The summed E-state index contributed by atoms with van der Waals surface area (Å²) in [5, 5.41) is 4.54. The van der Waals surface area contributed by atoms with Crippen LogP contribution in [-0.4, -0.2) is 34.3 Å². The van der Waals surface area contributed by atoms with E-state index in [0.29, 0.717) is 5.92 Å². The second-order valence-electron chi connectivity index (χ2n) is 8.06. The molecule has 138 valence electrons. The molecule has 0 atom stereocenters. The van der Waals surface area contributed by atoms with Crippen molar-refractivity contribution in [2.75, 3.05) is 19.6 Å². The van der Waals surface area contributed by atoms with Crippen LogP contribution in [-0.2, 0) is 6.54 Å². The zero-order valence-corrected chi connectivity index (χ0v) is 16.3. The number of unbranched alkanes of at least 4 members (excludes halogenated alkanes) is 6. The van der Waals surface area contributed by atoms with Crippen LogP contribution in [0.3, 0.4) is 0 Å². The highest BCUT2D eigenvalue weighted by atomic mass is 15.3. The summed E-state index contributed by atoms with van der Waals surface area (Å²) in [5.41, 5.74) is 1.37. The SMILES string of the molecule is CCCCCCCCCN1CCC(Cn2cc(C(C)C)cn2)CC1. The summed E-state index contributed by atoms with van der Waals surface area (Å²) in [6.07, 6.45) is 16.9. The minimum absolute atomic E-state index is 0.586. The van der Waals surface area contributed by atoms with Gasteiger partial charge in [-0.05, 0) is 56.3 Å². The first-order valence-electron chi connectivity index (χ1n) is 10.4. The Bertz CT molecular complexity index is 430. The lowest BCUT2D eigenvalue weighted by Crippen LogP contribution is -2.35. The van der Waals surface area contributed by atoms with Gasteiger partial charge in [0.05, 0.1) is 6.20 Å². The van der Waals surface area contributed by atoms with Crippen molar-refractivity contribution in [3.05, 3.63) is 18.0 Å². The molecule has 1 aliphatic rings. The first-order chi connectivity index (χ1) is 11.7. The maximum atomic E-state index is 4.54. The quantitative estimate of drug-likeness (QED) is 0.501. The number of piperidine rings is 1. The fraction of sp³-hybridized carbons (Fsp3) is 0.857. The van der Waals surface area contributed by atoms with Crippen LogP contribution in [0, 0.1) is 5.92 Å². The molecule has 1 aromatic rings. The normalized spacial score (nSPS) is 17.0. The van der Waals surface area contributed by atoms with Gasteiger partial charge in [-0.25, -0.2) is 0 Å². The average Bonchev–Trinajstić information content (AvgIpc) is 3.04. The van der Waals surface area contributed by atoms with E-state index in [4.69, 9.17) is 0 Å². The maximum absolute atomic E-state index is 4.54. The Morgan fingerprint density at radius 3 is 2.33 bits per heavy atom. The predicted molar refractivity (Wildman–Crippen MR) is 103 cm³/mol. The van der Waals surface area contributed by atoms with E-state index in [1.165, 1.54) is 83.0 Å². The number of nitrogens with zero attached hydrogens (tertiary/aromatic N) is 3. The molecule has 2 heterocycles. The van der Waals surface area contributed by atoms with Crippen molar-refractivity contribution in [3.8, 4) is 0 Å². The van der Waals surface area contributed by atoms with Crippen molar-refractivity contribution in [1.82, 2.24) is 14.7 Å². The van der Waals surface area contributed by atoms with Gasteiger partial charge < -0.3 is 4.90 Å². The molecule has 0 bridgehead atoms. The van der Waals surface area contributed by atoms with Gasteiger partial charge >= 0.3 is 0 Å². The summed E-state index contributed by atoms with van der Waals surface area (Å²) in [4.78, 5) is 2.69. The smallest absolute Gasteiger partial charge is 0.0524 e. The van der Waals surface area contributed by atoms with E-state index in [0.717, 1.165) is 12.5 Å². The van der Waals surface area contributed by atoms with Gasteiger partial charge in [0.1, 0.15) is 0 Å². The Morgan fingerprint density at radius 1 is 1.04 bits per heavy atom. The van der Waals surface area contributed by atoms with Crippen molar-refractivity contribution in [3.63, 3.8) is 0 Å². The highest BCUT2D eigenvalue weighted by Gasteiger charge is 2.19. The summed E-state index contributed by atoms with van der Waals surface area (Å²) < 4.78 is 2.17. The molecule has 1 aromatic heterocycles. The van der Waals surface area contributed by atoms with Crippen LogP contribution >= 0.6 is 0 Å². The number of hydrogen-bond acceptors (Lipinski definition) is 2. The molecule has 0 amide bonds. The van der Waals surface area contributed by atoms with Crippen LogP contribution in [0.4, 0.5) is 0 Å². The first-order valence-corrected chi connectivity index (χ1v) is 10.4. The van der Waals surface area contributed by atoms with E-state index >= 15 is 0 Å². The van der Waals surface area contributed by atoms with Crippen molar-refractivity contribution >= 4 is 0 Å². The Morgan fingerprint density at radius 2 is 1.71 bits per heavy atom. The zero-order chi connectivity index (χ0) is 17.2. The van der Waals surface area contributed by atoms with Crippen molar-refractivity contribution < 1.29 is 0 Å². The Hall–Kier alpha value is -0.830. The molecule has 3 nitrogen and oxygen atoms in total. The lowest BCUT2D eigenvalue weighted by Gasteiger charge is -2.31. The summed E-state index contributed by atoms with van der Waals surface area (Å²) in [6.45, 7) is 11.8. The second kappa shape index (κ2) is 10.9. The van der Waals surface area contributed by atoms with Crippen LogP contribution in [0.15, 0.2) is 12.4 Å². The summed E-state index contributed by atoms with van der Waals surface area (Å²) in [6, 6.07) is 0. The Balaban J connectivity index is 1.54. The van der Waals surface area contributed by atoms with Crippen molar-refractivity contribution in [1.29, 1.82) is 0 Å². The van der Waals surface area contributed by atoms with Gasteiger partial charge in [-0.1, -0.05) is 59.3 Å². The summed E-state index contributed by atoms with van der Waals surface area (Å²) in [5.74, 6) is 1.40. The number of hydrogen-bond donors (Lipinski definition) is 0. The van der Waals surface area contributed by atoms with Gasteiger partial charge in [0.25, 0.3) is 0 Å². The number of rotatable bonds is 11. The first kappa shape index (κ1) is 19.5. The third-order valence-electron chi connectivity index (χ3n) is 5.55. The van der Waals surface area contributed by atoms with E-state index in [2.05, 4.69) is 41.6 Å². The third kappa shape index (κ3) is 6.96. The zero-order valence-electron chi connectivity index (χ0n) is 16.3. The molecule has 0 unspecified atom stereocenters. The predicted octanol–water partition coefficient (Wildman–Crippen LogP) is 5.47. The standard InChI is InChI=1S/C21H39N3/c1-4-5-6-7-8-9-10-13-23-14-11-20(12-15-23)17-24-18-21(16-22-24)19(2)3/h16,18-20H,4-15,17H2,1-3H3. The van der Waals surface area contributed by atoms with Gasteiger partial charge in [0.2, 0.25) is 0 Å². The second-order valence-corrected chi connectivity index (χ2v) is 8.06. The van der Waals surface area contributed by atoms with Gasteiger partial charge in [0.15, 0.2) is 0 Å². The molecule has 0 N–H and O–H groups in total. The molecular formula is C21H39N3. The molecule has 3 heteroatoms. The molecule has 0 spiro atoms. The van der Waals surface area contributed by atoms with Crippen LogP contribution in [0.1, 0.15) is 90.0 Å².